The molecule has 0 saturated heterocycles. The second-order valence-corrected chi connectivity index (χ2v) is 2.24. The third kappa shape index (κ3) is 5.43. The maximum Gasteiger partial charge on any atom is 0.115 e. The molecule has 1 rings (SSSR count). The number of phenolic OH excluding ortho intramolecular Hbond substituents is 1. The normalized spacial score (nSPS) is 8.27. The molecular weight excluding hydrogens is 138 g/mol. The van der Waals surface area contributed by atoms with E-state index in [4.69, 9.17) is 10.8 Å². The number of nitrogens with two attached hydrogens (primary N) is 1. The van der Waals surface area contributed by atoms with Crippen LogP contribution in [0.2, 0.25) is 0 Å². The molecule has 0 saturated carbocycles. The molecule has 0 aliphatic rings. The molecule has 0 atom stereocenters. The summed E-state index contributed by atoms with van der Waals surface area (Å²) < 4.78 is 0. The Bertz CT molecular complexity index is 160. The van der Waals surface area contributed by atoms with Gasteiger partial charge in [-0.25, -0.2) is 0 Å². The van der Waals surface area contributed by atoms with E-state index in [9.17, 15) is 0 Å². The minimum atomic E-state index is 0.329. The lowest BCUT2D eigenvalue weighted by molar-refractivity contribution is 0.475. The predicted octanol–water partition coefficient (Wildman–Crippen LogP) is 1.67. The summed E-state index contributed by atoms with van der Waals surface area (Å²) >= 11 is 0. The third-order valence-corrected chi connectivity index (χ3v) is 1.03. The zero-order valence-electron chi connectivity index (χ0n) is 7.04. The fourth-order valence-electron chi connectivity index (χ4n) is 0.545. The lowest BCUT2D eigenvalue weighted by Crippen LogP contribution is -1.87. The molecule has 0 fully saturated rings. The van der Waals surface area contributed by atoms with E-state index < -0.39 is 0 Å². The fraction of sp³-hybridized carbons (Fsp3) is 0.333. The fourth-order valence-corrected chi connectivity index (χ4v) is 0.545. The Kier molecular flexibility index (Phi) is 5.21. The Hall–Kier alpha value is -1.02. The summed E-state index contributed by atoms with van der Waals surface area (Å²) in [5, 5.41) is 8.76. The van der Waals surface area contributed by atoms with Crippen LogP contribution in [0.3, 0.4) is 0 Å². The molecule has 0 aliphatic carbocycles. The molecule has 62 valence electrons. The smallest absolute Gasteiger partial charge is 0.115 e. The highest BCUT2D eigenvalue weighted by Crippen LogP contribution is 2.07. The van der Waals surface area contributed by atoms with Gasteiger partial charge in [0.1, 0.15) is 5.75 Å². The highest BCUT2D eigenvalue weighted by atomic mass is 16.3. The highest BCUT2D eigenvalue weighted by molar-refractivity contribution is 5.24. The molecule has 3 N–H and O–H groups in total. The molecule has 0 aliphatic heterocycles. The van der Waals surface area contributed by atoms with Crippen molar-refractivity contribution in [1.82, 2.24) is 0 Å². The van der Waals surface area contributed by atoms with Crippen LogP contribution in [0, 0.1) is 6.92 Å². The molecular formula is C9H15NO. The van der Waals surface area contributed by atoms with Gasteiger partial charge in [0.2, 0.25) is 0 Å². The van der Waals surface area contributed by atoms with Gasteiger partial charge < -0.3 is 10.8 Å². The Morgan fingerprint density at radius 2 is 1.64 bits per heavy atom. The van der Waals surface area contributed by atoms with Crippen LogP contribution in [0.4, 0.5) is 0 Å². The van der Waals surface area contributed by atoms with Crippen molar-refractivity contribution in [3.8, 4) is 5.75 Å². The number of hydrogen-bond donors (Lipinski definition) is 2. The molecule has 2 nitrogen and oxygen atoms in total. The second-order valence-electron chi connectivity index (χ2n) is 2.24. The largest absolute Gasteiger partial charge is 0.508 e. The molecule has 1 aromatic rings. The SMILES string of the molecule is CCN.Cc1ccc(O)cc1. The minimum absolute atomic E-state index is 0.329. The molecule has 0 heterocycles. The average molecular weight is 153 g/mol. The third-order valence-electron chi connectivity index (χ3n) is 1.03. The zero-order valence-corrected chi connectivity index (χ0v) is 7.04. The van der Waals surface area contributed by atoms with Crippen molar-refractivity contribution in [2.75, 3.05) is 6.54 Å². The van der Waals surface area contributed by atoms with Crippen LogP contribution in [0.5, 0.6) is 5.75 Å². The van der Waals surface area contributed by atoms with Crippen LogP contribution >= 0.6 is 0 Å². The van der Waals surface area contributed by atoms with Crippen molar-refractivity contribution in [2.24, 2.45) is 5.73 Å². The van der Waals surface area contributed by atoms with E-state index in [0.717, 1.165) is 6.54 Å². The molecule has 0 unspecified atom stereocenters. The number of aryl methyl sites for hydroxylation is 1. The standard InChI is InChI=1S/C7H8O.C2H7N/c1-6-2-4-7(8)5-3-6;1-2-3/h2-5,8H,1H3;2-3H2,1H3. The minimum Gasteiger partial charge on any atom is -0.508 e. The van der Waals surface area contributed by atoms with E-state index in [1.165, 1.54) is 5.56 Å². The van der Waals surface area contributed by atoms with Gasteiger partial charge in [-0.1, -0.05) is 24.6 Å². The molecule has 1 aromatic carbocycles. The first kappa shape index (κ1) is 9.98. The van der Waals surface area contributed by atoms with E-state index >= 15 is 0 Å². The first-order valence-corrected chi connectivity index (χ1v) is 3.66. The van der Waals surface area contributed by atoms with E-state index in [1.807, 2.05) is 26.0 Å². The predicted molar refractivity (Wildman–Crippen MR) is 47.6 cm³/mol. The van der Waals surface area contributed by atoms with Crippen molar-refractivity contribution in [2.45, 2.75) is 13.8 Å². The van der Waals surface area contributed by atoms with Crippen LogP contribution in [0.15, 0.2) is 24.3 Å². The summed E-state index contributed by atoms with van der Waals surface area (Å²) in [7, 11) is 0. The lowest BCUT2D eigenvalue weighted by Gasteiger charge is -1.89. The van der Waals surface area contributed by atoms with Crippen molar-refractivity contribution >= 4 is 0 Å². The summed E-state index contributed by atoms with van der Waals surface area (Å²) in [5.74, 6) is 0.329. The van der Waals surface area contributed by atoms with Gasteiger partial charge in [-0.2, -0.15) is 0 Å². The molecule has 2 heteroatoms. The second kappa shape index (κ2) is 5.74. The van der Waals surface area contributed by atoms with Gasteiger partial charge in [0, 0.05) is 0 Å². The van der Waals surface area contributed by atoms with Crippen LogP contribution < -0.4 is 5.73 Å². The monoisotopic (exact) mass is 153 g/mol. The van der Waals surface area contributed by atoms with E-state index in [0.29, 0.717) is 5.75 Å². The van der Waals surface area contributed by atoms with Gasteiger partial charge in [0.15, 0.2) is 0 Å². The Labute approximate surface area is 67.7 Å². The van der Waals surface area contributed by atoms with Crippen molar-refractivity contribution in [3.05, 3.63) is 29.8 Å². The number of hydrogen-bond acceptors (Lipinski definition) is 2. The highest BCUT2D eigenvalue weighted by Gasteiger charge is 1.82. The number of rotatable bonds is 0. The summed E-state index contributed by atoms with van der Waals surface area (Å²) in [5.41, 5.74) is 6.02. The average Bonchev–Trinajstić information content (AvgIpc) is 1.97. The van der Waals surface area contributed by atoms with Gasteiger partial charge in [0.25, 0.3) is 0 Å². The topological polar surface area (TPSA) is 46.2 Å². The van der Waals surface area contributed by atoms with Gasteiger partial charge in [-0.05, 0) is 25.6 Å². The summed E-state index contributed by atoms with van der Waals surface area (Å²) in [4.78, 5) is 0. The van der Waals surface area contributed by atoms with Gasteiger partial charge in [-0.15, -0.1) is 0 Å². The summed E-state index contributed by atoms with van der Waals surface area (Å²) in [6, 6.07) is 7.09. The summed E-state index contributed by atoms with van der Waals surface area (Å²) in [6.45, 7) is 4.64. The summed E-state index contributed by atoms with van der Waals surface area (Å²) in [6.07, 6.45) is 0. The van der Waals surface area contributed by atoms with Crippen molar-refractivity contribution in [1.29, 1.82) is 0 Å². The van der Waals surface area contributed by atoms with Crippen LogP contribution in [-0.4, -0.2) is 11.7 Å². The molecule has 0 aromatic heterocycles. The van der Waals surface area contributed by atoms with E-state index in [-0.39, 0.29) is 0 Å². The van der Waals surface area contributed by atoms with Gasteiger partial charge in [0.05, 0.1) is 0 Å². The quantitative estimate of drug-likeness (QED) is 0.595. The van der Waals surface area contributed by atoms with Crippen molar-refractivity contribution < 1.29 is 5.11 Å². The Balaban J connectivity index is 0.000000292. The Morgan fingerprint density at radius 3 is 1.91 bits per heavy atom. The first-order chi connectivity index (χ1) is 5.20. The maximum atomic E-state index is 8.76. The zero-order chi connectivity index (χ0) is 8.69. The van der Waals surface area contributed by atoms with Crippen molar-refractivity contribution in [3.63, 3.8) is 0 Å². The molecule has 0 spiro atoms. The number of aromatic hydroxyl groups is 1. The van der Waals surface area contributed by atoms with E-state index in [2.05, 4.69) is 0 Å². The molecule has 11 heavy (non-hydrogen) atoms. The maximum absolute atomic E-state index is 8.76. The number of phenols is 1. The number of benzene rings is 1. The van der Waals surface area contributed by atoms with Gasteiger partial charge in [-0.3, -0.25) is 0 Å². The van der Waals surface area contributed by atoms with E-state index in [1.54, 1.807) is 12.1 Å². The molecule has 0 radical (unpaired) electrons. The lowest BCUT2D eigenvalue weighted by atomic mass is 10.2. The van der Waals surface area contributed by atoms with Crippen LogP contribution in [0.25, 0.3) is 0 Å². The molecule has 0 bridgehead atoms. The first-order valence-electron chi connectivity index (χ1n) is 3.66. The van der Waals surface area contributed by atoms with Crippen LogP contribution in [-0.2, 0) is 0 Å². The van der Waals surface area contributed by atoms with Gasteiger partial charge >= 0.3 is 0 Å². The van der Waals surface area contributed by atoms with Crippen LogP contribution in [0.1, 0.15) is 12.5 Å². The Morgan fingerprint density at radius 1 is 1.27 bits per heavy atom. The molecule has 0 amide bonds.